The largest absolute Gasteiger partial charge is 0.368 e. The molecule has 6 aliphatic rings. The highest BCUT2D eigenvalue weighted by Gasteiger charge is 2.40. The summed E-state index contributed by atoms with van der Waals surface area (Å²) in [6.07, 6.45) is 9.07. The van der Waals surface area contributed by atoms with Gasteiger partial charge in [-0.1, -0.05) is 84.9 Å². The summed E-state index contributed by atoms with van der Waals surface area (Å²) in [6, 6.07) is 41.9. The van der Waals surface area contributed by atoms with Crippen LogP contribution in [0.15, 0.2) is 175 Å². The number of nitrogens with one attached hydrogen (secondary N) is 8. The number of hydrogen-bond donors (Lipinski definition) is 10. The minimum Gasteiger partial charge on any atom is -0.368 e. The van der Waals surface area contributed by atoms with Crippen molar-refractivity contribution < 1.29 is 26.4 Å². The van der Waals surface area contributed by atoms with Crippen LogP contribution in [0.3, 0.4) is 0 Å². The smallest absolute Gasteiger partial charge is 0.265 e. The van der Waals surface area contributed by atoms with Crippen molar-refractivity contribution in [1.82, 2.24) is 48.5 Å². The molecule has 4 aliphatic carbocycles. The molecular formula is C83H76N20O8S2. The van der Waals surface area contributed by atoms with Crippen LogP contribution in [0.4, 0.5) is 81.2 Å². The van der Waals surface area contributed by atoms with E-state index in [-0.39, 0.29) is 91.4 Å². The molecule has 18 rings (SSSR count). The van der Waals surface area contributed by atoms with Crippen LogP contribution < -0.4 is 63.9 Å². The molecule has 4 aromatic heterocycles. The molecule has 12 aromatic rings. The maximum absolute atomic E-state index is 14.9. The predicted octanol–water partition coefficient (Wildman–Crippen LogP) is 13.3. The maximum atomic E-state index is 14.9. The first-order chi connectivity index (χ1) is 54.4. The van der Waals surface area contributed by atoms with Gasteiger partial charge in [0.25, 0.3) is 31.2 Å². The highest BCUT2D eigenvalue weighted by molar-refractivity contribution is 7.90. The summed E-state index contributed by atoms with van der Waals surface area (Å²) >= 11 is 0. The molecule has 2 aliphatic heterocycles. The summed E-state index contributed by atoms with van der Waals surface area (Å²) < 4.78 is 62.8. The van der Waals surface area contributed by atoms with Crippen LogP contribution in [0.25, 0.3) is 44.1 Å². The summed E-state index contributed by atoms with van der Waals surface area (Å²) in [6.45, 7) is 7.85. The minimum atomic E-state index is -4.12. The number of pyridine rings is 2. The molecule has 2 saturated carbocycles. The number of fused-ring (bicyclic) bond motifs is 6. The number of carbonyl (C=O) groups excluding carboxylic acids is 2. The number of nitrogens with two attached hydrogens (primary N) is 2. The maximum Gasteiger partial charge on any atom is 0.265 e. The molecule has 6 heterocycles. The molecule has 0 radical (unpaired) electrons. The molecule has 0 unspecified atom stereocenters. The van der Waals surface area contributed by atoms with E-state index in [0.717, 1.165) is 80.0 Å². The van der Waals surface area contributed by atoms with Gasteiger partial charge in [-0.3, -0.25) is 28.6 Å². The lowest BCUT2D eigenvalue weighted by Gasteiger charge is -2.34. The first-order valence-electron chi connectivity index (χ1n) is 37.3. The Balaban J connectivity index is 0.514. The molecule has 2 fully saturated rings. The van der Waals surface area contributed by atoms with Gasteiger partial charge in [0.2, 0.25) is 35.7 Å². The lowest BCUT2D eigenvalue weighted by molar-refractivity contribution is 0.103. The van der Waals surface area contributed by atoms with E-state index in [0.29, 0.717) is 124 Å². The Labute approximate surface area is 648 Å². The predicted molar refractivity (Wildman–Crippen MR) is 439 cm³/mol. The van der Waals surface area contributed by atoms with E-state index in [1.165, 1.54) is 21.3 Å². The van der Waals surface area contributed by atoms with Crippen molar-refractivity contribution in [1.29, 1.82) is 0 Å². The van der Waals surface area contributed by atoms with E-state index >= 15 is 0 Å². The fourth-order valence-electron chi connectivity index (χ4n) is 17.1. The molecule has 28 nitrogen and oxygen atoms in total. The second-order valence-corrected chi connectivity index (χ2v) is 33.2. The Morgan fingerprint density at radius 1 is 0.398 bits per heavy atom. The summed E-state index contributed by atoms with van der Waals surface area (Å²) in [7, 11) is -5.05. The van der Waals surface area contributed by atoms with Crippen LogP contribution in [-0.2, 0) is 34.1 Å². The minimum absolute atomic E-state index is 0.0121. The van der Waals surface area contributed by atoms with Crippen LogP contribution in [0.5, 0.6) is 0 Å². The molecule has 8 aromatic carbocycles. The highest BCUT2D eigenvalue weighted by atomic mass is 32.2. The number of nitrogens with zero attached hydrogens (tertiary/aromatic N) is 10. The molecule has 568 valence electrons. The number of benzene rings is 8. The van der Waals surface area contributed by atoms with Crippen LogP contribution in [-0.4, -0.2) is 91.2 Å². The quantitative estimate of drug-likeness (QED) is 0.0429. The van der Waals surface area contributed by atoms with E-state index in [9.17, 15) is 36.0 Å². The van der Waals surface area contributed by atoms with Gasteiger partial charge >= 0.3 is 0 Å². The Hall–Kier alpha value is -13.2. The average molecular weight is 1550 g/mol. The monoisotopic (exact) mass is 1540 g/mol. The van der Waals surface area contributed by atoms with Crippen molar-refractivity contribution in [2.45, 2.75) is 107 Å². The average Bonchev–Trinajstić information content (AvgIpc) is 0.707. The van der Waals surface area contributed by atoms with Gasteiger partial charge in [0.15, 0.2) is 23.2 Å². The van der Waals surface area contributed by atoms with Crippen molar-refractivity contribution in [3.63, 3.8) is 0 Å². The van der Waals surface area contributed by atoms with E-state index in [1.807, 2.05) is 52.0 Å². The Morgan fingerprint density at radius 3 is 1.15 bits per heavy atom. The van der Waals surface area contributed by atoms with Crippen LogP contribution in [0.2, 0.25) is 0 Å². The number of sulfonamides is 2. The third-order valence-corrected chi connectivity index (χ3v) is 25.5. The number of para-hydroxylation sites is 2. The number of rotatable bonds is 16. The van der Waals surface area contributed by atoms with Crippen LogP contribution in [0.1, 0.15) is 123 Å². The number of anilines is 12. The van der Waals surface area contributed by atoms with Gasteiger partial charge in [-0.05, 0) is 191 Å². The molecule has 0 bridgehead atoms. The standard InChI is InChI=1S/C83H76N20O8S2/c1-40-35-42(3)58(38-56(40)88-54-31-33-60-68-64(48-15-7-9-17-50(48)72(104)66(54)68)70(76(106)102(60)5)74-90-52-19-11-13-21-62(52)112(108,109)100-74)92-82-96-78(84)94-80(98-82)86-46-27-23-44(24-28-46)37-45-25-29-47(30-26-45)87-81-95-79(85)97-83(99-81)93-59-39-57(41(2)36-43(59)4)89-55-32-34-61-69-65(49-16-8-10-18-51(49)73(105)67(55)69)71(77(107)103(61)6)75-91-53-20-12-14-22-63(53)113(110,111)101-75/h7-22,31-36,38-39,44-47,88-89H,23-30,37H2,1-6H3,(H,90,100)(H,91,101)(H4,84,86,92,94,96,98)(H4,85,87,93,95,97,99). The van der Waals surface area contributed by atoms with Gasteiger partial charge in [-0.15, -0.1) is 0 Å². The molecule has 113 heavy (non-hydrogen) atoms. The fraction of sp³-hybridized carbons (Fsp3) is 0.229. The Bertz CT molecular complexity index is 6210. The molecule has 0 saturated heterocycles. The highest BCUT2D eigenvalue weighted by Crippen LogP contribution is 2.48. The van der Waals surface area contributed by atoms with Crippen molar-refractivity contribution in [2.24, 2.45) is 35.9 Å². The lowest BCUT2D eigenvalue weighted by Crippen LogP contribution is -2.39. The van der Waals surface area contributed by atoms with Crippen molar-refractivity contribution in [2.75, 3.05) is 43.4 Å². The number of ketones is 2. The summed E-state index contributed by atoms with van der Waals surface area (Å²) in [5.74, 6) is 1.61. The molecule has 0 spiro atoms. The number of amidine groups is 2. The number of nitrogen functional groups attached to an aromatic ring is 2. The van der Waals surface area contributed by atoms with Crippen LogP contribution in [0, 0.1) is 39.5 Å². The summed E-state index contributed by atoms with van der Waals surface area (Å²) in [5.41, 5.74) is 23.3. The SMILES string of the molecule is Cc1cc(C)c(Nc2ccc3c4c2C(=O)c2ccccc2-c4c(C2=Nc4ccccc4S(=O)(=O)N2)c(=O)n3C)cc1Nc1nc(N)nc(NC2CCC(CC3CCC(Nc4nc(N)nc(Nc5cc(Nc6ccc7c8c6C(=O)c6ccccc6-c8c(C6=Nc8ccccc8S(=O)(=O)N6)c(=O)n7C)c(C)cc5C)n4)CC3)CC2)n1. The van der Waals surface area contributed by atoms with E-state index in [1.54, 1.807) is 123 Å². The van der Waals surface area contributed by atoms with E-state index in [4.69, 9.17) is 31.4 Å². The van der Waals surface area contributed by atoms with Crippen molar-refractivity contribution in [3.05, 3.63) is 222 Å². The van der Waals surface area contributed by atoms with E-state index < -0.39 is 31.2 Å². The van der Waals surface area contributed by atoms with Crippen molar-refractivity contribution in [3.8, 4) is 22.3 Å². The molecule has 12 N–H and O–H groups in total. The number of aryl methyl sites for hydroxylation is 6. The fourth-order valence-corrected chi connectivity index (χ4v) is 19.4. The second-order valence-electron chi connectivity index (χ2n) is 29.9. The van der Waals surface area contributed by atoms with Gasteiger partial charge in [0, 0.05) is 82.0 Å². The van der Waals surface area contributed by atoms with E-state index in [2.05, 4.69) is 61.3 Å². The summed E-state index contributed by atoms with van der Waals surface area (Å²) in [4.78, 5) is 95.9. The number of aliphatic imine (C=N–C) groups is 2. The van der Waals surface area contributed by atoms with Gasteiger partial charge < -0.3 is 52.5 Å². The lowest BCUT2D eigenvalue weighted by atomic mass is 9.75. The first kappa shape index (κ1) is 71.4. The number of hydrogen-bond acceptors (Lipinski definition) is 24. The zero-order chi connectivity index (χ0) is 78.2. The van der Waals surface area contributed by atoms with Gasteiger partial charge in [-0.25, -0.2) is 26.8 Å². The topological polar surface area (TPSA) is 397 Å². The molecule has 30 heteroatoms. The molecular weight excluding hydrogens is 1470 g/mol. The Morgan fingerprint density at radius 2 is 0.752 bits per heavy atom. The Kier molecular flexibility index (Phi) is 17.3. The second kappa shape index (κ2) is 27.4. The molecule has 0 atom stereocenters. The third kappa shape index (κ3) is 12.6. The van der Waals surface area contributed by atoms with Gasteiger partial charge in [-0.2, -0.15) is 29.9 Å². The zero-order valence-corrected chi connectivity index (χ0v) is 63.9. The summed E-state index contributed by atoms with van der Waals surface area (Å²) in [5, 5.41) is 21.9. The van der Waals surface area contributed by atoms with Gasteiger partial charge in [0.1, 0.15) is 9.79 Å². The van der Waals surface area contributed by atoms with Crippen LogP contribution >= 0.6 is 0 Å². The number of carbonyl (C=O) groups is 2. The van der Waals surface area contributed by atoms with Crippen molar-refractivity contribution >= 4 is 146 Å². The number of aromatic nitrogens is 8. The molecule has 0 amide bonds. The third-order valence-electron chi connectivity index (χ3n) is 22.7. The first-order valence-corrected chi connectivity index (χ1v) is 40.3. The zero-order valence-electron chi connectivity index (χ0n) is 62.2. The van der Waals surface area contributed by atoms with Gasteiger partial charge in [0.05, 0.1) is 56.0 Å². The normalized spacial score (nSPS) is 18.1.